The lowest BCUT2D eigenvalue weighted by Gasteiger charge is -2.16. The summed E-state index contributed by atoms with van der Waals surface area (Å²) in [4.78, 5) is 12.4. The van der Waals surface area contributed by atoms with E-state index in [4.69, 9.17) is 4.74 Å². The number of hydrogen-bond acceptors (Lipinski definition) is 2. The summed E-state index contributed by atoms with van der Waals surface area (Å²) in [5.41, 5.74) is 2.07. The quantitative estimate of drug-likeness (QED) is 0.722. The van der Waals surface area contributed by atoms with Crippen LogP contribution in [0.3, 0.4) is 0 Å². The van der Waals surface area contributed by atoms with Gasteiger partial charge in [-0.3, -0.25) is 4.79 Å². The van der Waals surface area contributed by atoms with Crippen molar-refractivity contribution in [1.29, 1.82) is 0 Å². The Bertz CT molecular complexity index is 770. The first-order chi connectivity index (χ1) is 9.27. The molecule has 19 heavy (non-hydrogen) atoms. The van der Waals surface area contributed by atoms with Crippen molar-refractivity contribution >= 4 is 10.9 Å². The SMILES string of the molecule is Cn1c(=O)c2c(c3ccccc31)C1CCCC=C1O2. The summed E-state index contributed by atoms with van der Waals surface area (Å²) < 4.78 is 7.54. The fraction of sp³-hybridized carbons (Fsp3) is 0.312. The van der Waals surface area contributed by atoms with E-state index in [2.05, 4.69) is 12.1 Å². The Morgan fingerprint density at radius 3 is 3.05 bits per heavy atom. The standard InChI is InChI=1S/C16H15NO2/c1-17-12-8-4-2-6-10(12)14-11-7-3-5-9-13(11)19-15(14)16(17)18/h2,4,6,8-9,11H,3,5,7H2,1H3. The number of nitrogens with zero attached hydrogens (tertiary/aromatic N) is 1. The van der Waals surface area contributed by atoms with Gasteiger partial charge in [-0.05, 0) is 31.4 Å². The molecular weight excluding hydrogens is 238 g/mol. The third-order valence-corrected chi connectivity index (χ3v) is 4.25. The Balaban J connectivity index is 2.14. The van der Waals surface area contributed by atoms with Gasteiger partial charge in [0.2, 0.25) is 0 Å². The zero-order valence-electron chi connectivity index (χ0n) is 10.8. The molecule has 2 aliphatic rings. The van der Waals surface area contributed by atoms with Crippen LogP contribution in [0, 0.1) is 0 Å². The van der Waals surface area contributed by atoms with Crippen LogP contribution < -0.4 is 10.3 Å². The average molecular weight is 253 g/mol. The highest BCUT2D eigenvalue weighted by atomic mass is 16.5. The second kappa shape index (κ2) is 3.73. The van der Waals surface area contributed by atoms with Crippen LogP contribution in [0.15, 0.2) is 40.9 Å². The number of fused-ring (bicyclic) bond motifs is 5. The number of ether oxygens (including phenoxy) is 1. The van der Waals surface area contributed by atoms with E-state index in [0.717, 1.165) is 35.1 Å². The largest absolute Gasteiger partial charge is 0.455 e. The molecule has 0 amide bonds. The van der Waals surface area contributed by atoms with Crippen molar-refractivity contribution in [2.45, 2.75) is 25.2 Å². The summed E-state index contributed by atoms with van der Waals surface area (Å²) in [7, 11) is 1.81. The molecule has 3 nitrogen and oxygen atoms in total. The molecule has 1 aliphatic heterocycles. The van der Waals surface area contributed by atoms with E-state index < -0.39 is 0 Å². The molecule has 2 heterocycles. The molecule has 1 atom stereocenters. The van der Waals surface area contributed by atoms with Crippen molar-refractivity contribution in [1.82, 2.24) is 4.57 Å². The molecule has 1 unspecified atom stereocenters. The molecule has 2 aromatic rings. The molecule has 0 radical (unpaired) electrons. The van der Waals surface area contributed by atoms with E-state index in [1.54, 1.807) is 4.57 Å². The molecule has 0 saturated carbocycles. The molecule has 96 valence electrons. The molecule has 0 saturated heterocycles. The highest BCUT2D eigenvalue weighted by molar-refractivity contribution is 5.86. The van der Waals surface area contributed by atoms with Crippen molar-refractivity contribution in [3.05, 3.63) is 52.0 Å². The summed E-state index contributed by atoms with van der Waals surface area (Å²) in [5.74, 6) is 1.80. The highest BCUT2D eigenvalue weighted by Gasteiger charge is 2.35. The van der Waals surface area contributed by atoms with Crippen LogP contribution in [0.1, 0.15) is 30.7 Å². The van der Waals surface area contributed by atoms with E-state index in [-0.39, 0.29) is 11.5 Å². The zero-order valence-corrected chi connectivity index (χ0v) is 10.8. The first-order valence-corrected chi connectivity index (χ1v) is 6.77. The number of para-hydroxylation sites is 1. The van der Waals surface area contributed by atoms with Crippen molar-refractivity contribution in [3.8, 4) is 5.75 Å². The number of allylic oxidation sites excluding steroid dienone is 2. The Hall–Kier alpha value is -2.03. The monoisotopic (exact) mass is 253 g/mol. The first-order valence-electron chi connectivity index (χ1n) is 6.77. The first kappa shape index (κ1) is 10.9. The van der Waals surface area contributed by atoms with E-state index >= 15 is 0 Å². The third-order valence-electron chi connectivity index (χ3n) is 4.25. The van der Waals surface area contributed by atoms with Gasteiger partial charge in [-0.2, -0.15) is 0 Å². The van der Waals surface area contributed by atoms with Gasteiger partial charge in [-0.15, -0.1) is 0 Å². The fourth-order valence-corrected chi connectivity index (χ4v) is 3.31. The van der Waals surface area contributed by atoms with Crippen LogP contribution in [-0.4, -0.2) is 4.57 Å². The van der Waals surface area contributed by atoms with Crippen LogP contribution >= 0.6 is 0 Å². The second-order valence-electron chi connectivity index (χ2n) is 5.32. The lowest BCUT2D eigenvalue weighted by atomic mass is 9.87. The van der Waals surface area contributed by atoms with Gasteiger partial charge >= 0.3 is 0 Å². The molecule has 0 N–H and O–H groups in total. The van der Waals surface area contributed by atoms with Gasteiger partial charge in [0.15, 0.2) is 5.75 Å². The number of aromatic nitrogens is 1. The third kappa shape index (κ3) is 1.35. The number of hydrogen-bond donors (Lipinski definition) is 0. The van der Waals surface area contributed by atoms with E-state index in [0.29, 0.717) is 5.75 Å². The van der Waals surface area contributed by atoms with E-state index in [9.17, 15) is 4.79 Å². The normalized spacial score (nSPS) is 20.7. The molecule has 1 aliphatic carbocycles. The van der Waals surface area contributed by atoms with Gasteiger partial charge in [0, 0.05) is 23.9 Å². The maximum atomic E-state index is 12.4. The predicted molar refractivity (Wildman–Crippen MR) is 74.5 cm³/mol. The van der Waals surface area contributed by atoms with Crippen molar-refractivity contribution in [2.24, 2.45) is 7.05 Å². The van der Waals surface area contributed by atoms with Gasteiger partial charge in [-0.25, -0.2) is 0 Å². The molecule has 0 spiro atoms. The van der Waals surface area contributed by atoms with Crippen LogP contribution in [-0.2, 0) is 7.05 Å². The Labute approximate surface area is 111 Å². The maximum Gasteiger partial charge on any atom is 0.294 e. The van der Waals surface area contributed by atoms with Crippen LogP contribution in [0.5, 0.6) is 5.75 Å². The molecule has 1 aromatic heterocycles. The summed E-state index contributed by atoms with van der Waals surface area (Å²) in [6.45, 7) is 0. The molecular formula is C16H15NO2. The Kier molecular flexibility index (Phi) is 2.13. The van der Waals surface area contributed by atoms with Gasteiger partial charge in [0.25, 0.3) is 5.56 Å². The summed E-state index contributed by atoms with van der Waals surface area (Å²) in [6.07, 6.45) is 5.44. The van der Waals surface area contributed by atoms with Crippen molar-refractivity contribution in [2.75, 3.05) is 0 Å². The van der Waals surface area contributed by atoms with E-state index in [1.165, 1.54) is 6.42 Å². The fourth-order valence-electron chi connectivity index (χ4n) is 3.31. The summed E-state index contributed by atoms with van der Waals surface area (Å²) >= 11 is 0. The Morgan fingerprint density at radius 2 is 2.16 bits per heavy atom. The minimum atomic E-state index is -0.0241. The maximum absolute atomic E-state index is 12.4. The van der Waals surface area contributed by atoms with E-state index in [1.807, 2.05) is 25.2 Å². The van der Waals surface area contributed by atoms with Crippen molar-refractivity contribution in [3.63, 3.8) is 0 Å². The minimum Gasteiger partial charge on any atom is -0.455 e. The lowest BCUT2D eigenvalue weighted by Crippen LogP contribution is -2.18. The Morgan fingerprint density at radius 1 is 1.32 bits per heavy atom. The molecule has 0 bridgehead atoms. The van der Waals surface area contributed by atoms with Crippen LogP contribution in [0.2, 0.25) is 0 Å². The highest BCUT2D eigenvalue weighted by Crippen LogP contribution is 2.46. The molecule has 0 fully saturated rings. The number of pyridine rings is 1. The number of benzene rings is 1. The topological polar surface area (TPSA) is 31.2 Å². The summed E-state index contributed by atoms with van der Waals surface area (Å²) in [6, 6.07) is 8.09. The van der Waals surface area contributed by atoms with Gasteiger partial charge < -0.3 is 9.30 Å². The number of aryl methyl sites for hydroxylation is 1. The van der Waals surface area contributed by atoms with Crippen LogP contribution in [0.25, 0.3) is 10.9 Å². The average Bonchev–Trinajstić information content (AvgIpc) is 2.84. The van der Waals surface area contributed by atoms with Gasteiger partial charge in [-0.1, -0.05) is 18.2 Å². The molecule has 3 heteroatoms. The molecule has 1 aromatic carbocycles. The van der Waals surface area contributed by atoms with Gasteiger partial charge in [0.05, 0.1) is 5.52 Å². The number of rotatable bonds is 0. The second-order valence-corrected chi connectivity index (χ2v) is 5.32. The lowest BCUT2D eigenvalue weighted by molar-refractivity contribution is 0.398. The van der Waals surface area contributed by atoms with Gasteiger partial charge in [0.1, 0.15) is 5.76 Å². The minimum absolute atomic E-state index is 0.0241. The smallest absolute Gasteiger partial charge is 0.294 e. The van der Waals surface area contributed by atoms with Crippen molar-refractivity contribution < 1.29 is 4.74 Å². The summed E-state index contributed by atoms with van der Waals surface area (Å²) in [5, 5.41) is 1.15. The molecule has 4 rings (SSSR count). The zero-order chi connectivity index (χ0) is 13.0. The predicted octanol–water partition coefficient (Wildman–Crippen LogP) is 3.08. The van der Waals surface area contributed by atoms with Crippen LogP contribution in [0.4, 0.5) is 0 Å².